The van der Waals surface area contributed by atoms with Gasteiger partial charge in [-0.1, -0.05) is 13.8 Å². The third-order valence-corrected chi connectivity index (χ3v) is 12.5. The topological polar surface area (TPSA) is 121 Å². The second-order valence-corrected chi connectivity index (χ2v) is 14.3. The second-order valence-electron chi connectivity index (χ2n) is 14.3. The number of hydrogen-bond acceptors (Lipinski definition) is 9. The number of rotatable bonds is 5. The molecule has 2 N–H and O–H groups in total. The minimum Gasteiger partial charge on any atom is -0.462 e. The minimum absolute atomic E-state index is 0.0898. The number of aliphatic hydroxyl groups excluding tert-OH is 1. The van der Waals surface area contributed by atoms with E-state index in [1.54, 1.807) is 13.2 Å². The largest absolute Gasteiger partial charge is 0.462 e. The molecule has 4 unspecified atom stereocenters. The van der Waals surface area contributed by atoms with Gasteiger partial charge in [0, 0.05) is 44.3 Å². The van der Waals surface area contributed by atoms with Crippen LogP contribution in [0.5, 0.6) is 0 Å². The molecule has 0 radical (unpaired) electrons. The predicted octanol–water partition coefficient (Wildman–Crippen LogP) is 3.68. The molecule has 2 heterocycles. The lowest BCUT2D eigenvalue weighted by atomic mass is 9.43. The van der Waals surface area contributed by atoms with Gasteiger partial charge in [0.1, 0.15) is 18.8 Å². The van der Waals surface area contributed by atoms with E-state index in [2.05, 4.69) is 13.8 Å². The Morgan fingerprint density at radius 3 is 2.54 bits per heavy atom. The van der Waals surface area contributed by atoms with Crippen molar-refractivity contribution >= 4 is 11.9 Å². The summed E-state index contributed by atoms with van der Waals surface area (Å²) in [4.78, 5) is 24.2. The summed E-state index contributed by atoms with van der Waals surface area (Å²) in [5, 5.41) is 23.0. The van der Waals surface area contributed by atoms with E-state index < -0.39 is 23.2 Å². The van der Waals surface area contributed by atoms with Crippen molar-refractivity contribution < 1.29 is 43.5 Å². The minimum atomic E-state index is -0.990. The molecule has 4 aliphatic carbocycles. The molecule has 41 heavy (non-hydrogen) atoms. The van der Waals surface area contributed by atoms with Gasteiger partial charge >= 0.3 is 11.9 Å². The molecule has 2 aliphatic heterocycles. The van der Waals surface area contributed by atoms with Gasteiger partial charge in [-0.25, -0.2) is 4.79 Å². The Bertz CT molecular complexity index is 1080. The van der Waals surface area contributed by atoms with Gasteiger partial charge in [-0.05, 0) is 80.6 Å². The molecule has 4 saturated carbocycles. The fourth-order valence-corrected chi connectivity index (χ4v) is 10.4. The van der Waals surface area contributed by atoms with E-state index in [0.29, 0.717) is 24.7 Å². The molecule has 1 saturated heterocycles. The normalized spacial score (nSPS) is 51.2. The van der Waals surface area contributed by atoms with E-state index in [4.69, 9.17) is 23.7 Å². The molecular weight excluding hydrogens is 528 g/mol. The summed E-state index contributed by atoms with van der Waals surface area (Å²) in [7, 11) is 1.62. The maximum absolute atomic E-state index is 12.7. The summed E-state index contributed by atoms with van der Waals surface area (Å²) in [6.07, 6.45) is 7.14. The van der Waals surface area contributed by atoms with Crippen LogP contribution in [0, 0.1) is 34.5 Å². The molecule has 0 amide bonds. The van der Waals surface area contributed by atoms with Crippen molar-refractivity contribution in [2.24, 2.45) is 34.5 Å². The predicted molar refractivity (Wildman–Crippen MR) is 147 cm³/mol. The highest BCUT2D eigenvalue weighted by Crippen LogP contribution is 2.70. The lowest BCUT2D eigenvalue weighted by molar-refractivity contribution is -0.273. The summed E-state index contributed by atoms with van der Waals surface area (Å²) in [6.45, 7) is 8.06. The quantitative estimate of drug-likeness (QED) is 0.373. The molecule has 0 aromatic heterocycles. The van der Waals surface area contributed by atoms with Crippen molar-refractivity contribution in [3.05, 3.63) is 11.6 Å². The van der Waals surface area contributed by atoms with Crippen LogP contribution >= 0.6 is 0 Å². The van der Waals surface area contributed by atoms with Crippen LogP contribution in [0.3, 0.4) is 0 Å². The van der Waals surface area contributed by atoms with Crippen molar-refractivity contribution in [2.75, 3.05) is 13.7 Å². The molecule has 6 aliphatic rings. The van der Waals surface area contributed by atoms with Gasteiger partial charge in [0.25, 0.3) is 0 Å². The van der Waals surface area contributed by atoms with E-state index in [1.165, 1.54) is 6.92 Å². The van der Waals surface area contributed by atoms with E-state index in [9.17, 15) is 19.8 Å². The lowest BCUT2D eigenvalue weighted by Gasteiger charge is -2.63. The van der Waals surface area contributed by atoms with Crippen molar-refractivity contribution in [1.29, 1.82) is 0 Å². The van der Waals surface area contributed by atoms with Gasteiger partial charge < -0.3 is 33.9 Å². The Morgan fingerprint density at radius 2 is 1.85 bits per heavy atom. The Kier molecular flexibility index (Phi) is 7.62. The molecule has 9 heteroatoms. The fourth-order valence-electron chi connectivity index (χ4n) is 10.4. The van der Waals surface area contributed by atoms with Crippen LogP contribution < -0.4 is 0 Å². The standard InChI is InChI=1S/C32H48O9/c1-17-29(35)24(37-5)14-27(39-17)41-21-8-10-30(3)20(13-21)6-7-23-22(30)9-11-31(4)28(19-12-26(34)38-16-19)25(40-18(2)33)15-32(23,31)36/h12,17,20-25,27-29,35-36H,6-11,13-16H2,1-5H3/t17-,20?,21?,22-,23+,24-,25?,27?,28-,29-,30-,31+,32-/m0/s1. The summed E-state index contributed by atoms with van der Waals surface area (Å²) in [6, 6.07) is 0. The molecule has 13 atom stereocenters. The zero-order chi connectivity index (χ0) is 29.3. The van der Waals surface area contributed by atoms with E-state index in [-0.39, 0.29) is 60.4 Å². The molecule has 6 rings (SSSR count). The summed E-state index contributed by atoms with van der Waals surface area (Å²) >= 11 is 0. The summed E-state index contributed by atoms with van der Waals surface area (Å²) < 4.78 is 29.1. The smallest absolute Gasteiger partial charge is 0.331 e. The maximum Gasteiger partial charge on any atom is 0.331 e. The fraction of sp³-hybridized carbons (Fsp3) is 0.875. The zero-order valence-electron chi connectivity index (χ0n) is 25.2. The Balaban J connectivity index is 1.19. The van der Waals surface area contributed by atoms with Gasteiger partial charge in [-0.15, -0.1) is 0 Å². The summed E-state index contributed by atoms with van der Waals surface area (Å²) in [5.74, 6) is 0.0175. The number of aliphatic hydroxyl groups is 2. The number of fused-ring (bicyclic) bond motifs is 5. The highest BCUT2D eigenvalue weighted by molar-refractivity contribution is 5.85. The first-order valence-electron chi connectivity index (χ1n) is 15.7. The first-order valence-corrected chi connectivity index (χ1v) is 15.7. The van der Waals surface area contributed by atoms with Crippen molar-refractivity contribution in [2.45, 2.75) is 128 Å². The monoisotopic (exact) mass is 576 g/mol. The number of carbonyl (C=O) groups is 2. The van der Waals surface area contributed by atoms with Crippen molar-refractivity contribution in [3.63, 3.8) is 0 Å². The molecule has 5 fully saturated rings. The van der Waals surface area contributed by atoms with Gasteiger partial charge in [-0.2, -0.15) is 0 Å². The lowest BCUT2D eigenvalue weighted by Crippen LogP contribution is -2.62. The maximum atomic E-state index is 12.7. The first kappa shape index (κ1) is 29.5. The van der Waals surface area contributed by atoms with E-state index in [1.807, 2.05) is 6.92 Å². The molecule has 0 aromatic carbocycles. The average molecular weight is 577 g/mol. The van der Waals surface area contributed by atoms with Gasteiger partial charge in [0.05, 0.1) is 23.9 Å². The first-order chi connectivity index (χ1) is 19.4. The second kappa shape index (κ2) is 10.6. The van der Waals surface area contributed by atoms with Crippen LogP contribution in [0.1, 0.15) is 85.5 Å². The molecular formula is C32H48O9. The molecule has 9 nitrogen and oxygen atoms in total. The highest BCUT2D eigenvalue weighted by Gasteiger charge is 2.71. The van der Waals surface area contributed by atoms with Crippen molar-refractivity contribution in [3.8, 4) is 0 Å². The Morgan fingerprint density at radius 1 is 1.07 bits per heavy atom. The third-order valence-electron chi connectivity index (χ3n) is 12.5. The molecule has 230 valence electrons. The van der Waals surface area contributed by atoms with Crippen molar-refractivity contribution in [1.82, 2.24) is 0 Å². The van der Waals surface area contributed by atoms with Crippen LogP contribution in [0.15, 0.2) is 11.6 Å². The molecule has 0 spiro atoms. The number of esters is 2. The van der Waals surface area contributed by atoms with Crippen LogP contribution in [0.4, 0.5) is 0 Å². The number of methoxy groups -OCH3 is 1. The van der Waals surface area contributed by atoms with E-state index >= 15 is 0 Å². The Labute approximate surface area is 243 Å². The van der Waals surface area contributed by atoms with Crippen LogP contribution in [-0.4, -0.2) is 78.3 Å². The SMILES string of the molecule is CO[C@H]1CC(OC2CC[C@@]3(C)C(CC[C@@H]4[C@@H]3CC[C@]3(C)[C@@H](C5=CC(=O)OC5)C(OC(C)=O)C[C@]43O)C2)O[C@@H](C)[C@@H]1O. The van der Waals surface area contributed by atoms with Gasteiger partial charge in [0.15, 0.2) is 6.29 Å². The Hall–Kier alpha value is -1.52. The summed E-state index contributed by atoms with van der Waals surface area (Å²) in [5.41, 5.74) is -0.559. The van der Waals surface area contributed by atoms with Gasteiger partial charge in [0.2, 0.25) is 0 Å². The number of ether oxygens (including phenoxy) is 5. The van der Waals surface area contributed by atoms with Crippen LogP contribution in [0.25, 0.3) is 0 Å². The molecule has 0 aromatic rings. The molecule has 0 bridgehead atoms. The van der Waals surface area contributed by atoms with Gasteiger partial charge in [-0.3, -0.25) is 4.79 Å². The number of carbonyl (C=O) groups excluding carboxylic acids is 2. The van der Waals surface area contributed by atoms with Crippen LogP contribution in [0.2, 0.25) is 0 Å². The van der Waals surface area contributed by atoms with Crippen LogP contribution in [-0.2, 0) is 33.3 Å². The average Bonchev–Trinajstić information content (AvgIpc) is 3.42. The zero-order valence-corrected chi connectivity index (χ0v) is 25.2. The number of cyclic esters (lactones) is 1. The van der Waals surface area contributed by atoms with E-state index in [0.717, 1.165) is 50.5 Å². The number of hydrogen-bond donors (Lipinski definition) is 2. The third kappa shape index (κ3) is 4.69. The highest BCUT2D eigenvalue weighted by atomic mass is 16.7.